The van der Waals surface area contributed by atoms with Crippen LogP contribution in [-0.4, -0.2) is 4.57 Å². The Kier molecular flexibility index (Phi) is 5.20. The summed E-state index contributed by atoms with van der Waals surface area (Å²) < 4.78 is 2.39. The molecule has 0 aliphatic carbocycles. The monoisotopic (exact) mass is 526 g/mol. The molecule has 0 bridgehead atoms. The van der Waals surface area contributed by atoms with Gasteiger partial charge in [0.2, 0.25) is 0 Å². The molecule has 0 amide bonds. The summed E-state index contributed by atoms with van der Waals surface area (Å²) in [5.74, 6) is 0. The van der Waals surface area contributed by atoms with Gasteiger partial charge in [-0.15, -0.1) is 0 Å². The first kappa shape index (κ1) is 23.8. The predicted octanol–water partition coefficient (Wildman–Crippen LogP) is 10.6. The second-order valence-electron chi connectivity index (χ2n) is 11.5. The number of para-hydroxylation sites is 3. The van der Waals surface area contributed by atoms with E-state index in [4.69, 9.17) is 0 Å². The van der Waals surface area contributed by atoms with Crippen LogP contribution in [0.2, 0.25) is 0 Å². The molecule has 2 heteroatoms. The number of fused-ring (bicyclic) bond motifs is 5. The van der Waals surface area contributed by atoms with Crippen LogP contribution in [0.1, 0.15) is 25.0 Å². The Hall–Kier alpha value is -5.08. The standard InChI is InChI=1S/C39H30N2/c1-39(2)33-17-9-11-19-37(33)41(38-20-12-10-18-34(38)39)30-22-24-36-32(26-30)31-25-28(27-13-5-3-6-14-27)21-23-35(31)40(36)29-15-7-4-8-16-29/h3-26H,1-2H3. The minimum absolute atomic E-state index is 0.0816. The van der Waals surface area contributed by atoms with E-state index in [0.717, 1.165) is 0 Å². The fourth-order valence-electron chi connectivity index (χ4n) is 6.76. The van der Waals surface area contributed by atoms with Crippen molar-refractivity contribution in [2.75, 3.05) is 4.90 Å². The molecule has 2 nitrogen and oxygen atoms in total. The highest BCUT2D eigenvalue weighted by atomic mass is 15.2. The van der Waals surface area contributed by atoms with Gasteiger partial charge in [-0.1, -0.05) is 105 Å². The highest BCUT2D eigenvalue weighted by Gasteiger charge is 2.36. The van der Waals surface area contributed by atoms with E-state index < -0.39 is 0 Å². The average molecular weight is 527 g/mol. The maximum atomic E-state index is 2.45. The summed E-state index contributed by atoms with van der Waals surface area (Å²) in [5.41, 5.74) is 12.3. The Bertz CT molecular complexity index is 2020. The molecule has 7 aromatic rings. The zero-order chi connectivity index (χ0) is 27.6. The second-order valence-corrected chi connectivity index (χ2v) is 11.5. The van der Waals surface area contributed by atoms with Crippen molar-refractivity contribution >= 4 is 38.9 Å². The summed E-state index contributed by atoms with van der Waals surface area (Å²) in [7, 11) is 0. The maximum Gasteiger partial charge on any atom is 0.0542 e. The summed E-state index contributed by atoms with van der Waals surface area (Å²) in [6, 6.07) is 52.9. The number of hydrogen-bond donors (Lipinski definition) is 0. The predicted molar refractivity (Wildman–Crippen MR) is 173 cm³/mol. The molecule has 2 heterocycles. The molecule has 1 aliphatic heterocycles. The van der Waals surface area contributed by atoms with Crippen LogP contribution < -0.4 is 4.90 Å². The van der Waals surface area contributed by atoms with E-state index in [1.807, 2.05) is 0 Å². The molecule has 0 unspecified atom stereocenters. The lowest BCUT2D eigenvalue weighted by Crippen LogP contribution is -2.30. The van der Waals surface area contributed by atoms with Crippen molar-refractivity contribution in [3.05, 3.63) is 157 Å². The van der Waals surface area contributed by atoms with Crippen molar-refractivity contribution in [1.82, 2.24) is 4.57 Å². The van der Waals surface area contributed by atoms with Crippen molar-refractivity contribution in [1.29, 1.82) is 0 Å². The number of benzene rings is 6. The Labute approximate surface area is 240 Å². The van der Waals surface area contributed by atoms with Crippen LogP contribution in [0.5, 0.6) is 0 Å². The summed E-state index contributed by atoms with van der Waals surface area (Å²) in [6.07, 6.45) is 0. The van der Waals surface area contributed by atoms with E-state index in [-0.39, 0.29) is 5.41 Å². The van der Waals surface area contributed by atoms with Crippen LogP contribution in [0.4, 0.5) is 17.1 Å². The zero-order valence-electron chi connectivity index (χ0n) is 23.3. The van der Waals surface area contributed by atoms with E-state index in [1.54, 1.807) is 0 Å². The van der Waals surface area contributed by atoms with Crippen LogP contribution in [-0.2, 0) is 5.41 Å². The quantitative estimate of drug-likeness (QED) is 0.222. The van der Waals surface area contributed by atoms with Crippen molar-refractivity contribution in [2.24, 2.45) is 0 Å². The molecule has 0 saturated heterocycles. The molecular weight excluding hydrogens is 496 g/mol. The van der Waals surface area contributed by atoms with Gasteiger partial charge in [-0.2, -0.15) is 0 Å². The molecule has 0 fully saturated rings. The van der Waals surface area contributed by atoms with Crippen LogP contribution in [0.25, 0.3) is 38.6 Å². The summed E-state index contributed by atoms with van der Waals surface area (Å²) in [5, 5.41) is 2.50. The van der Waals surface area contributed by atoms with Crippen LogP contribution >= 0.6 is 0 Å². The van der Waals surface area contributed by atoms with Crippen molar-refractivity contribution in [2.45, 2.75) is 19.3 Å². The molecule has 41 heavy (non-hydrogen) atoms. The lowest BCUT2D eigenvalue weighted by Gasteiger charge is -2.42. The van der Waals surface area contributed by atoms with E-state index in [2.05, 4.69) is 169 Å². The third-order valence-corrected chi connectivity index (χ3v) is 8.76. The van der Waals surface area contributed by atoms with Crippen LogP contribution in [0.15, 0.2) is 146 Å². The van der Waals surface area contributed by atoms with E-state index in [0.29, 0.717) is 0 Å². The van der Waals surface area contributed by atoms with E-state index in [9.17, 15) is 0 Å². The van der Waals surface area contributed by atoms with Gasteiger partial charge in [0.25, 0.3) is 0 Å². The molecule has 1 aliphatic rings. The minimum atomic E-state index is -0.0816. The summed E-state index contributed by atoms with van der Waals surface area (Å²) in [6.45, 7) is 4.67. The summed E-state index contributed by atoms with van der Waals surface area (Å²) in [4.78, 5) is 2.45. The van der Waals surface area contributed by atoms with Crippen molar-refractivity contribution in [3.63, 3.8) is 0 Å². The van der Waals surface area contributed by atoms with E-state index >= 15 is 0 Å². The van der Waals surface area contributed by atoms with Gasteiger partial charge in [0.05, 0.1) is 22.4 Å². The molecule has 0 radical (unpaired) electrons. The molecule has 0 spiro atoms. The first-order chi connectivity index (χ1) is 20.1. The second kappa shape index (κ2) is 8.97. The highest BCUT2D eigenvalue weighted by molar-refractivity contribution is 6.12. The number of anilines is 3. The molecule has 0 N–H and O–H groups in total. The first-order valence-corrected chi connectivity index (χ1v) is 14.3. The topological polar surface area (TPSA) is 8.17 Å². The largest absolute Gasteiger partial charge is 0.310 e. The Morgan fingerprint density at radius 1 is 0.439 bits per heavy atom. The molecule has 196 valence electrons. The molecule has 0 saturated carbocycles. The highest BCUT2D eigenvalue weighted by Crippen LogP contribution is 2.52. The third kappa shape index (κ3) is 3.57. The molecular formula is C39H30N2. The fourth-order valence-corrected chi connectivity index (χ4v) is 6.76. The summed E-state index contributed by atoms with van der Waals surface area (Å²) >= 11 is 0. The van der Waals surface area contributed by atoms with Gasteiger partial charge in [-0.3, -0.25) is 0 Å². The van der Waals surface area contributed by atoms with Crippen LogP contribution in [0, 0.1) is 0 Å². The Morgan fingerprint density at radius 3 is 1.63 bits per heavy atom. The Balaban J connectivity index is 1.42. The normalized spacial score (nSPS) is 13.8. The minimum Gasteiger partial charge on any atom is -0.310 e. The molecule has 6 aromatic carbocycles. The smallest absolute Gasteiger partial charge is 0.0542 e. The van der Waals surface area contributed by atoms with Gasteiger partial charge >= 0.3 is 0 Å². The van der Waals surface area contributed by atoms with Crippen LogP contribution in [0.3, 0.4) is 0 Å². The SMILES string of the molecule is CC1(C)c2ccccc2N(c2ccc3c(c2)c2cc(-c4ccccc4)ccc2n3-c2ccccc2)c2ccccc21. The number of nitrogens with zero attached hydrogens (tertiary/aromatic N) is 2. The maximum absolute atomic E-state index is 2.45. The molecule has 1 aromatic heterocycles. The first-order valence-electron chi connectivity index (χ1n) is 14.3. The molecule has 8 rings (SSSR count). The van der Waals surface area contributed by atoms with Gasteiger partial charge in [0.15, 0.2) is 0 Å². The lowest BCUT2D eigenvalue weighted by molar-refractivity contribution is 0.632. The number of aromatic nitrogens is 1. The van der Waals surface area contributed by atoms with Crippen molar-refractivity contribution < 1.29 is 0 Å². The fraction of sp³-hybridized carbons (Fsp3) is 0.0769. The van der Waals surface area contributed by atoms with Gasteiger partial charge in [0.1, 0.15) is 0 Å². The van der Waals surface area contributed by atoms with Gasteiger partial charge in [-0.25, -0.2) is 0 Å². The van der Waals surface area contributed by atoms with Gasteiger partial charge < -0.3 is 9.47 Å². The van der Waals surface area contributed by atoms with E-state index in [1.165, 1.54) is 66.8 Å². The van der Waals surface area contributed by atoms with Crippen molar-refractivity contribution in [3.8, 4) is 16.8 Å². The van der Waals surface area contributed by atoms with Gasteiger partial charge in [-0.05, 0) is 76.9 Å². The Morgan fingerprint density at radius 2 is 0.976 bits per heavy atom. The number of rotatable bonds is 3. The zero-order valence-corrected chi connectivity index (χ0v) is 23.3. The average Bonchev–Trinajstić information content (AvgIpc) is 3.35. The lowest BCUT2D eigenvalue weighted by atomic mass is 9.73. The third-order valence-electron chi connectivity index (χ3n) is 8.76. The molecule has 0 atom stereocenters. The number of hydrogen-bond acceptors (Lipinski definition) is 1. The van der Waals surface area contributed by atoms with Gasteiger partial charge in [0, 0.05) is 27.6 Å².